The Morgan fingerprint density at radius 3 is 2.48 bits per heavy atom. The van der Waals surface area contributed by atoms with Gasteiger partial charge >= 0.3 is 0 Å². The minimum absolute atomic E-state index is 0.193. The molecule has 0 unspecified atom stereocenters. The largest absolute Gasteiger partial charge is 0.324 e. The van der Waals surface area contributed by atoms with Gasteiger partial charge in [0.05, 0.1) is 0 Å². The van der Waals surface area contributed by atoms with Gasteiger partial charge in [-0.2, -0.15) is 15.0 Å². The Morgan fingerprint density at radius 1 is 1.05 bits per heavy atom. The summed E-state index contributed by atoms with van der Waals surface area (Å²) < 4.78 is 14.5. The molecule has 3 rings (SSSR count). The Kier molecular flexibility index (Phi) is 3.39. The number of nitrogens with two attached hydrogens (primary N) is 1. The van der Waals surface area contributed by atoms with Gasteiger partial charge in [-0.25, -0.2) is 15.2 Å². The normalized spacial score (nSPS) is 10.4. The molecule has 0 fully saturated rings. The minimum Gasteiger partial charge on any atom is -0.324 e. The predicted molar refractivity (Wildman–Crippen MR) is 74.4 cm³/mol. The fourth-order valence-corrected chi connectivity index (χ4v) is 1.64. The molecule has 0 aliphatic rings. The monoisotopic (exact) mass is 286 g/mol. The summed E-state index contributed by atoms with van der Waals surface area (Å²) in [6.45, 7) is 0. The molecule has 0 saturated heterocycles. The predicted octanol–water partition coefficient (Wildman–Crippen LogP) is 1.23. The van der Waals surface area contributed by atoms with Crippen LogP contribution in [0.4, 0.5) is 22.0 Å². The van der Waals surface area contributed by atoms with Crippen LogP contribution in [0.3, 0.4) is 0 Å². The zero-order valence-electron chi connectivity index (χ0n) is 10.7. The van der Waals surface area contributed by atoms with E-state index in [0.717, 1.165) is 0 Å². The van der Waals surface area contributed by atoms with Crippen molar-refractivity contribution in [3.63, 3.8) is 0 Å². The third-order valence-corrected chi connectivity index (χ3v) is 2.59. The van der Waals surface area contributed by atoms with Crippen LogP contribution >= 0.6 is 0 Å². The molecular weight excluding hydrogens is 275 g/mol. The molecule has 9 heteroatoms. The van der Waals surface area contributed by atoms with E-state index in [1.807, 2.05) is 0 Å². The summed E-state index contributed by atoms with van der Waals surface area (Å²) in [5, 5.41) is 2.95. The first kappa shape index (κ1) is 12.9. The standard InChI is InChI=1S/C12H11FN8/c13-8-1-3-9(4-2-8)16-10-17-11(20-14)19-12(18-10)21-6-5-15-7-21/h1-7H,14H2,(H2,16,17,18,19,20). The topological polar surface area (TPSA) is 107 Å². The Morgan fingerprint density at radius 2 is 1.81 bits per heavy atom. The second-order valence-electron chi connectivity index (χ2n) is 4.03. The number of rotatable bonds is 4. The van der Waals surface area contributed by atoms with Crippen molar-refractivity contribution in [3.05, 3.63) is 48.8 Å². The molecule has 0 atom stereocenters. The molecule has 0 saturated carbocycles. The van der Waals surface area contributed by atoms with Crippen LogP contribution in [0, 0.1) is 5.82 Å². The van der Waals surface area contributed by atoms with Crippen molar-refractivity contribution in [2.24, 2.45) is 5.84 Å². The van der Waals surface area contributed by atoms with Crippen LogP contribution in [-0.2, 0) is 0 Å². The Hall–Kier alpha value is -3.07. The van der Waals surface area contributed by atoms with Gasteiger partial charge in [0.1, 0.15) is 12.1 Å². The van der Waals surface area contributed by atoms with Gasteiger partial charge in [-0.05, 0) is 24.3 Å². The van der Waals surface area contributed by atoms with Crippen molar-refractivity contribution in [2.75, 3.05) is 10.7 Å². The third kappa shape index (κ3) is 2.92. The molecular formula is C12H11FN8. The van der Waals surface area contributed by atoms with Crippen molar-refractivity contribution in [1.82, 2.24) is 24.5 Å². The van der Waals surface area contributed by atoms with Crippen molar-refractivity contribution in [3.8, 4) is 5.95 Å². The molecule has 0 radical (unpaired) electrons. The summed E-state index contributed by atoms with van der Waals surface area (Å²) in [4.78, 5) is 16.4. The number of nitrogens with one attached hydrogen (secondary N) is 2. The molecule has 2 aromatic heterocycles. The van der Waals surface area contributed by atoms with Gasteiger partial charge in [0, 0.05) is 18.1 Å². The maximum atomic E-state index is 12.9. The summed E-state index contributed by atoms with van der Waals surface area (Å²) in [7, 11) is 0. The summed E-state index contributed by atoms with van der Waals surface area (Å²) in [5.41, 5.74) is 3.01. The Labute approximate surface area is 118 Å². The molecule has 0 amide bonds. The second kappa shape index (κ2) is 5.51. The highest BCUT2D eigenvalue weighted by molar-refractivity contribution is 5.54. The fourth-order valence-electron chi connectivity index (χ4n) is 1.64. The number of imidazole rings is 1. The lowest BCUT2D eigenvalue weighted by Gasteiger charge is -2.08. The van der Waals surface area contributed by atoms with Gasteiger partial charge in [-0.15, -0.1) is 0 Å². The zero-order valence-corrected chi connectivity index (χ0v) is 10.7. The SMILES string of the molecule is NNc1nc(Nc2ccc(F)cc2)nc(-n2ccnc2)n1. The van der Waals surface area contributed by atoms with E-state index in [1.165, 1.54) is 12.1 Å². The lowest BCUT2D eigenvalue weighted by molar-refractivity contribution is 0.628. The average molecular weight is 286 g/mol. The molecule has 0 aliphatic carbocycles. The highest BCUT2D eigenvalue weighted by Gasteiger charge is 2.07. The lowest BCUT2D eigenvalue weighted by Crippen LogP contribution is -2.14. The highest BCUT2D eigenvalue weighted by atomic mass is 19.1. The van der Waals surface area contributed by atoms with Crippen LogP contribution in [0.1, 0.15) is 0 Å². The van der Waals surface area contributed by atoms with E-state index in [1.54, 1.807) is 35.4 Å². The Bertz CT molecular complexity index is 726. The first-order chi connectivity index (χ1) is 10.2. The van der Waals surface area contributed by atoms with Gasteiger partial charge in [0.2, 0.25) is 17.8 Å². The van der Waals surface area contributed by atoms with Crippen LogP contribution < -0.4 is 16.6 Å². The van der Waals surface area contributed by atoms with E-state index < -0.39 is 0 Å². The quantitative estimate of drug-likeness (QED) is 0.489. The number of nitrogen functional groups attached to an aromatic ring is 1. The minimum atomic E-state index is -0.320. The molecule has 0 spiro atoms. The van der Waals surface area contributed by atoms with Gasteiger partial charge in [0.25, 0.3) is 0 Å². The number of halogens is 1. The number of hydrogen-bond donors (Lipinski definition) is 3. The van der Waals surface area contributed by atoms with E-state index >= 15 is 0 Å². The number of anilines is 3. The molecule has 106 valence electrons. The van der Waals surface area contributed by atoms with E-state index in [4.69, 9.17) is 5.84 Å². The van der Waals surface area contributed by atoms with Crippen molar-refractivity contribution >= 4 is 17.6 Å². The number of nitrogens with zero attached hydrogens (tertiary/aromatic N) is 5. The van der Waals surface area contributed by atoms with Crippen LogP contribution in [0.2, 0.25) is 0 Å². The first-order valence-electron chi connectivity index (χ1n) is 5.98. The van der Waals surface area contributed by atoms with Crippen LogP contribution in [0.5, 0.6) is 0 Å². The molecule has 21 heavy (non-hydrogen) atoms. The molecule has 8 nitrogen and oxygen atoms in total. The first-order valence-corrected chi connectivity index (χ1v) is 5.98. The number of hydrazine groups is 1. The number of aromatic nitrogens is 5. The molecule has 1 aromatic carbocycles. The smallest absolute Gasteiger partial charge is 0.243 e. The molecule has 2 heterocycles. The highest BCUT2D eigenvalue weighted by Crippen LogP contribution is 2.15. The number of hydrogen-bond acceptors (Lipinski definition) is 7. The van der Waals surface area contributed by atoms with Gasteiger partial charge < -0.3 is 5.32 Å². The summed E-state index contributed by atoms with van der Waals surface area (Å²) in [6.07, 6.45) is 4.85. The summed E-state index contributed by atoms with van der Waals surface area (Å²) in [5.74, 6) is 5.84. The number of benzene rings is 1. The summed E-state index contributed by atoms with van der Waals surface area (Å²) in [6, 6.07) is 5.82. The maximum Gasteiger partial charge on any atom is 0.243 e. The maximum absolute atomic E-state index is 12.9. The van der Waals surface area contributed by atoms with E-state index in [9.17, 15) is 4.39 Å². The average Bonchev–Trinajstić information content (AvgIpc) is 3.04. The summed E-state index contributed by atoms with van der Waals surface area (Å²) >= 11 is 0. The van der Waals surface area contributed by atoms with Crippen molar-refractivity contribution < 1.29 is 4.39 Å². The third-order valence-electron chi connectivity index (χ3n) is 2.59. The van der Waals surface area contributed by atoms with Crippen LogP contribution in [0.15, 0.2) is 43.0 Å². The fraction of sp³-hybridized carbons (Fsp3) is 0. The Balaban J connectivity index is 1.94. The van der Waals surface area contributed by atoms with Gasteiger partial charge in [0.15, 0.2) is 0 Å². The molecule has 0 aliphatic heterocycles. The molecule has 0 bridgehead atoms. The van der Waals surface area contributed by atoms with Gasteiger partial charge in [-0.1, -0.05) is 0 Å². The van der Waals surface area contributed by atoms with E-state index in [0.29, 0.717) is 11.6 Å². The lowest BCUT2D eigenvalue weighted by atomic mass is 10.3. The molecule has 4 N–H and O–H groups in total. The zero-order chi connectivity index (χ0) is 14.7. The van der Waals surface area contributed by atoms with Crippen molar-refractivity contribution in [2.45, 2.75) is 0 Å². The van der Waals surface area contributed by atoms with Crippen LogP contribution in [-0.4, -0.2) is 24.5 Å². The second-order valence-corrected chi connectivity index (χ2v) is 4.03. The van der Waals surface area contributed by atoms with E-state index in [2.05, 4.69) is 30.7 Å². The van der Waals surface area contributed by atoms with Gasteiger partial charge in [-0.3, -0.25) is 9.99 Å². The van der Waals surface area contributed by atoms with E-state index in [-0.39, 0.29) is 17.7 Å². The van der Waals surface area contributed by atoms with Crippen molar-refractivity contribution in [1.29, 1.82) is 0 Å². The molecule has 3 aromatic rings. The van der Waals surface area contributed by atoms with Crippen LogP contribution in [0.25, 0.3) is 5.95 Å².